The Labute approximate surface area is 171 Å². The molecular formula is C24H40O4. The molecule has 6 unspecified atom stereocenters. The molecule has 6 atom stereocenters. The first kappa shape index (κ1) is 22.0. The van der Waals surface area contributed by atoms with Gasteiger partial charge in [-0.15, -0.1) is 0 Å². The van der Waals surface area contributed by atoms with Gasteiger partial charge in [-0.25, -0.2) is 19.6 Å². The minimum absolute atomic E-state index is 0.532. The number of fused-ring (bicyclic) bond motifs is 5. The second kappa shape index (κ2) is 9.88. The molecule has 4 nitrogen and oxygen atoms in total. The molecule has 0 saturated heterocycles. The molecule has 0 aromatic rings. The molecule has 3 saturated carbocycles. The van der Waals surface area contributed by atoms with Crippen molar-refractivity contribution in [3.05, 3.63) is 22.3 Å². The summed E-state index contributed by atoms with van der Waals surface area (Å²) in [5, 5.41) is 0. The average molecular weight is 393 g/mol. The van der Waals surface area contributed by atoms with Gasteiger partial charge in [-0.1, -0.05) is 17.6 Å². The Morgan fingerprint density at radius 1 is 0.607 bits per heavy atom. The maximum absolute atomic E-state index is 5.71. The Balaban J connectivity index is 1.52. The highest BCUT2D eigenvalue weighted by atomic mass is 17.2. The first-order valence-electron chi connectivity index (χ1n) is 11.1. The third-order valence-electron chi connectivity index (χ3n) is 7.86. The van der Waals surface area contributed by atoms with E-state index in [2.05, 4.69) is 41.5 Å². The third kappa shape index (κ3) is 4.89. The molecule has 0 amide bonds. The summed E-state index contributed by atoms with van der Waals surface area (Å²) in [7, 11) is 0. The molecule has 0 heterocycles. The van der Waals surface area contributed by atoms with Crippen molar-refractivity contribution in [1.82, 2.24) is 0 Å². The predicted molar refractivity (Wildman–Crippen MR) is 111 cm³/mol. The maximum Gasteiger partial charge on any atom is 0.103 e. The van der Waals surface area contributed by atoms with Crippen molar-refractivity contribution in [3.8, 4) is 0 Å². The third-order valence-corrected chi connectivity index (χ3v) is 7.86. The van der Waals surface area contributed by atoms with Crippen LogP contribution in [0.15, 0.2) is 22.3 Å². The van der Waals surface area contributed by atoms with Crippen LogP contribution in [0.25, 0.3) is 0 Å². The Kier molecular flexibility index (Phi) is 7.77. The average Bonchev–Trinajstić information content (AvgIpc) is 3.33. The Bertz CT molecular complexity index is 535. The molecule has 3 rings (SSSR count). The van der Waals surface area contributed by atoms with Crippen LogP contribution in [0.4, 0.5) is 0 Å². The second-order valence-corrected chi connectivity index (χ2v) is 9.80. The minimum Gasteiger partial charge on any atom is -0.236 e. The highest BCUT2D eigenvalue weighted by Crippen LogP contribution is 2.63. The summed E-state index contributed by atoms with van der Waals surface area (Å²) in [5.74, 6) is 4.43. The van der Waals surface area contributed by atoms with Gasteiger partial charge in [0.15, 0.2) is 0 Å². The fraction of sp³-hybridized carbons (Fsp3) is 0.833. The van der Waals surface area contributed by atoms with Crippen LogP contribution in [0.2, 0.25) is 0 Å². The monoisotopic (exact) mass is 392 g/mol. The zero-order chi connectivity index (χ0) is 20.3. The highest BCUT2D eigenvalue weighted by molar-refractivity contribution is 5.08. The SMILES string of the molecule is CC(C)=C(C)COOCC1C(COOCC(C)=C(C)C)C2CC1C1CCCC12. The largest absolute Gasteiger partial charge is 0.236 e. The van der Waals surface area contributed by atoms with E-state index < -0.39 is 0 Å². The van der Waals surface area contributed by atoms with Crippen molar-refractivity contribution in [1.29, 1.82) is 0 Å². The predicted octanol–water partition coefficient (Wildman–Crippen LogP) is 5.89. The first-order valence-corrected chi connectivity index (χ1v) is 11.1. The fourth-order valence-corrected chi connectivity index (χ4v) is 5.66. The van der Waals surface area contributed by atoms with Gasteiger partial charge in [0.05, 0.1) is 13.2 Å². The van der Waals surface area contributed by atoms with E-state index in [0.29, 0.717) is 38.3 Å². The van der Waals surface area contributed by atoms with Crippen LogP contribution in [0.5, 0.6) is 0 Å². The summed E-state index contributed by atoms with van der Waals surface area (Å²) >= 11 is 0. The van der Waals surface area contributed by atoms with E-state index in [1.807, 2.05) is 0 Å². The second-order valence-electron chi connectivity index (χ2n) is 9.80. The molecular weight excluding hydrogens is 352 g/mol. The standard InChI is InChI=1S/C24H40O4/c1-15(2)17(5)11-25-27-13-23-21-10-22(20-9-7-8-19(20)21)24(23)14-28-26-12-18(6)16(3)4/h19-24H,7-14H2,1-6H3. The molecule has 3 fully saturated rings. The van der Waals surface area contributed by atoms with Gasteiger partial charge in [0.2, 0.25) is 0 Å². The summed E-state index contributed by atoms with van der Waals surface area (Å²) in [6.07, 6.45) is 5.56. The smallest absolute Gasteiger partial charge is 0.103 e. The molecule has 2 bridgehead atoms. The lowest BCUT2D eigenvalue weighted by Gasteiger charge is -2.37. The van der Waals surface area contributed by atoms with Gasteiger partial charge in [0.1, 0.15) is 13.2 Å². The number of allylic oxidation sites excluding steroid dienone is 2. The Hall–Kier alpha value is -0.680. The molecule has 3 aliphatic carbocycles. The number of rotatable bonds is 10. The van der Waals surface area contributed by atoms with Gasteiger partial charge in [0, 0.05) is 0 Å². The highest BCUT2D eigenvalue weighted by Gasteiger charge is 2.58. The zero-order valence-electron chi connectivity index (χ0n) is 18.8. The molecule has 0 radical (unpaired) electrons. The van der Waals surface area contributed by atoms with Gasteiger partial charge in [-0.3, -0.25) is 0 Å². The maximum atomic E-state index is 5.71. The van der Waals surface area contributed by atoms with Gasteiger partial charge < -0.3 is 0 Å². The minimum atomic E-state index is 0.532. The van der Waals surface area contributed by atoms with E-state index in [1.165, 1.54) is 48.0 Å². The molecule has 0 aromatic carbocycles. The van der Waals surface area contributed by atoms with E-state index in [1.54, 1.807) is 0 Å². The van der Waals surface area contributed by atoms with Gasteiger partial charge in [-0.05, 0) is 107 Å². The quantitative estimate of drug-likeness (QED) is 0.201. The molecule has 3 aliphatic rings. The van der Waals surface area contributed by atoms with Crippen LogP contribution in [0.1, 0.15) is 67.2 Å². The number of hydrogen-bond acceptors (Lipinski definition) is 4. The van der Waals surface area contributed by atoms with E-state index >= 15 is 0 Å². The summed E-state index contributed by atoms with van der Waals surface area (Å²) in [5.41, 5.74) is 5.08. The van der Waals surface area contributed by atoms with Crippen LogP contribution in [-0.2, 0) is 19.6 Å². The zero-order valence-corrected chi connectivity index (χ0v) is 18.8. The van der Waals surface area contributed by atoms with Crippen LogP contribution in [-0.4, -0.2) is 26.4 Å². The molecule has 4 heteroatoms. The molecule has 0 aromatic heterocycles. The lowest BCUT2D eigenvalue weighted by molar-refractivity contribution is -0.316. The van der Waals surface area contributed by atoms with Crippen molar-refractivity contribution in [3.63, 3.8) is 0 Å². The van der Waals surface area contributed by atoms with Crippen molar-refractivity contribution >= 4 is 0 Å². The fourth-order valence-electron chi connectivity index (χ4n) is 5.66. The van der Waals surface area contributed by atoms with E-state index in [9.17, 15) is 0 Å². The number of hydrogen-bond donors (Lipinski definition) is 0. The van der Waals surface area contributed by atoms with Crippen molar-refractivity contribution in [2.45, 2.75) is 67.2 Å². The van der Waals surface area contributed by atoms with E-state index in [-0.39, 0.29) is 0 Å². The summed E-state index contributed by atoms with van der Waals surface area (Å²) in [6.45, 7) is 15.1. The normalized spacial score (nSPS) is 33.2. The van der Waals surface area contributed by atoms with Crippen LogP contribution < -0.4 is 0 Å². The van der Waals surface area contributed by atoms with Crippen molar-refractivity contribution in [2.24, 2.45) is 35.5 Å². The lowest BCUT2D eigenvalue weighted by atomic mass is 9.70. The molecule has 0 spiro atoms. The first-order chi connectivity index (χ1) is 13.4. The van der Waals surface area contributed by atoms with Gasteiger partial charge >= 0.3 is 0 Å². The van der Waals surface area contributed by atoms with E-state index in [4.69, 9.17) is 19.6 Å². The van der Waals surface area contributed by atoms with Crippen LogP contribution in [0, 0.1) is 35.5 Å². The molecule has 160 valence electrons. The van der Waals surface area contributed by atoms with Crippen molar-refractivity contribution in [2.75, 3.05) is 26.4 Å². The van der Waals surface area contributed by atoms with Crippen LogP contribution in [0.3, 0.4) is 0 Å². The molecule has 0 aliphatic heterocycles. The summed E-state index contributed by atoms with van der Waals surface area (Å²) in [4.78, 5) is 22.5. The molecule has 28 heavy (non-hydrogen) atoms. The van der Waals surface area contributed by atoms with Gasteiger partial charge in [-0.2, -0.15) is 0 Å². The van der Waals surface area contributed by atoms with Crippen molar-refractivity contribution < 1.29 is 19.6 Å². The molecule has 0 N–H and O–H groups in total. The van der Waals surface area contributed by atoms with Gasteiger partial charge in [0.25, 0.3) is 0 Å². The Morgan fingerprint density at radius 2 is 1.04 bits per heavy atom. The lowest BCUT2D eigenvalue weighted by Crippen LogP contribution is -2.37. The summed E-state index contributed by atoms with van der Waals surface area (Å²) in [6, 6.07) is 0. The Morgan fingerprint density at radius 3 is 1.43 bits per heavy atom. The van der Waals surface area contributed by atoms with Crippen LogP contribution >= 0.6 is 0 Å². The van der Waals surface area contributed by atoms with E-state index in [0.717, 1.165) is 23.7 Å². The summed E-state index contributed by atoms with van der Waals surface area (Å²) < 4.78 is 0. The topological polar surface area (TPSA) is 36.9 Å².